The van der Waals surface area contributed by atoms with Crippen LogP contribution in [0.1, 0.15) is 103 Å². The molecule has 0 saturated carbocycles. The summed E-state index contributed by atoms with van der Waals surface area (Å²) < 4.78 is 0. The van der Waals surface area contributed by atoms with Crippen molar-refractivity contribution in [1.29, 1.82) is 0 Å². The molecular formula is C18H35LiO3. The predicted molar refractivity (Wildman–Crippen MR) is 85.9 cm³/mol. The Balaban J connectivity index is 0. The number of carboxylic acid groups (broad SMARTS) is 1. The molecule has 1 unspecified atom stereocenters. The zero-order valence-electron chi connectivity index (χ0n) is 14.9. The van der Waals surface area contributed by atoms with Crippen LogP contribution in [0.4, 0.5) is 0 Å². The summed E-state index contributed by atoms with van der Waals surface area (Å²) in [4.78, 5) is 10.2. The first-order chi connectivity index (χ1) is 10.2. The van der Waals surface area contributed by atoms with E-state index in [2.05, 4.69) is 6.92 Å². The van der Waals surface area contributed by atoms with Gasteiger partial charge in [0.25, 0.3) is 0 Å². The first-order valence-electron chi connectivity index (χ1n) is 9.04. The molecule has 22 heavy (non-hydrogen) atoms. The average molecular weight is 306 g/mol. The molecule has 0 aromatic rings. The number of aliphatic carboxylic acids is 1. The summed E-state index contributed by atoms with van der Waals surface area (Å²) in [5, 5.41) is 20.1. The summed E-state index contributed by atoms with van der Waals surface area (Å²) in [5.41, 5.74) is 0. The Morgan fingerprint density at radius 1 is 0.818 bits per heavy atom. The van der Waals surface area contributed by atoms with E-state index in [-0.39, 0.29) is 31.4 Å². The van der Waals surface area contributed by atoms with Gasteiger partial charge in [0.1, 0.15) is 0 Å². The molecule has 0 aliphatic rings. The Kier molecular flexibility index (Phi) is 21.1. The molecule has 0 amide bonds. The van der Waals surface area contributed by atoms with Crippen LogP contribution in [0.5, 0.6) is 0 Å². The van der Waals surface area contributed by atoms with Crippen LogP contribution in [-0.2, 0) is 4.79 Å². The number of carboxylic acids is 1. The van der Waals surface area contributed by atoms with E-state index in [1.54, 1.807) is 0 Å². The van der Waals surface area contributed by atoms with Gasteiger partial charge >= 0.3 is 18.9 Å². The van der Waals surface area contributed by atoms with Crippen LogP contribution in [0.15, 0.2) is 0 Å². The van der Waals surface area contributed by atoms with Gasteiger partial charge in [0.05, 0.1) is 6.10 Å². The fraction of sp³-hybridized carbons (Fsp3) is 0.944. The van der Waals surface area contributed by atoms with E-state index in [0.717, 1.165) is 38.5 Å². The van der Waals surface area contributed by atoms with E-state index in [4.69, 9.17) is 0 Å². The van der Waals surface area contributed by atoms with Crippen LogP contribution in [0.3, 0.4) is 0 Å². The molecule has 4 heteroatoms. The van der Waals surface area contributed by atoms with Crippen LogP contribution >= 0.6 is 0 Å². The van der Waals surface area contributed by atoms with Gasteiger partial charge in [-0.25, -0.2) is 0 Å². The van der Waals surface area contributed by atoms with Crippen molar-refractivity contribution in [3.05, 3.63) is 0 Å². The first-order valence-corrected chi connectivity index (χ1v) is 9.04. The van der Waals surface area contributed by atoms with E-state index in [1.165, 1.54) is 51.4 Å². The van der Waals surface area contributed by atoms with Gasteiger partial charge in [0.2, 0.25) is 0 Å². The number of carbonyl (C=O) groups excluding carboxylic acids is 1. The van der Waals surface area contributed by atoms with E-state index >= 15 is 0 Å². The van der Waals surface area contributed by atoms with Gasteiger partial charge in [-0.15, -0.1) is 0 Å². The minimum Gasteiger partial charge on any atom is -0.550 e. The van der Waals surface area contributed by atoms with E-state index in [1.807, 2.05) is 0 Å². The summed E-state index contributed by atoms with van der Waals surface area (Å²) in [5.74, 6) is -0.928. The second-order valence-corrected chi connectivity index (χ2v) is 6.24. The second-order valence-electron chi connectivity index (χ2n) is 6.24. The van der Waals surface area contributed by atoms with Gasteiger partial charge in [-0.3, -0.25) is 0 Å². The number of rotatable bonds is 16. The number of aliphatic hydroxyl groups excluding tert-OH is 1. The minimum atomic E-state index is -0.928. The van der Waals surface area contributed by atoms with Gasteiger partial charge < -0.3 is 15.0 Å². The van der Waals surface area contributed by atoms with E-state index in [9.17, 15) is 15.0 Å². The molecule has 0 aromatic carbocycles. The SMILES string of the molecule is CCCCCCC(O)CCCCCCCCCCC(=O)[O-].[Li+]. The standard InChI is InChI=1S/C18H36O3.Li/c1-2-3-4-11-14-17(19)15-12-9-7-5-6-8-10-13-16-18(20)21;/h17,19H,2-16H2,1H3,(H,20,21);/q;+1/p-1. The number of hydrogen-bond acceptors (Lipinski definition) is 3. The van der Waals surface area contributed by atoms with E-state index < -0.39 is 5.97 Å². The molecule has 1 atom stereocenters. The maximum atomic E-state index is 10.2. The molecule has 0 radical (unpaired) electrons. The van der Waals surface area contributed by atoms with Crippen molar-refractivity contribution in [2.45, 2.75) is 109 Å². The molecule has 0 aliphatic heterocycles. The summed E-state index contributed by atoms with van der Waals surface area (Å²) in [6.07, 6.45) is 15.9. The van der Waals surface area contributed by atoms with Crippen LogP contribution < -0.4 is 24.0 Å². The molecule has 1 N–H and O–H groups in total. The molecular weight excluding hydrogens is 271 g/mol. The summed E-state index contributed by atoms with van der Waals surface area (Å²) >= 11 is 0. The topological polar surface area (TPSA) is 60.4 Å². The maximum absolute atomic E-state index is 10.2. The third kappa shape index (κ3) is 20.0. The molecule has 0 fully saturated rings. The van der Waals surface area contributed by atoms with Crippen molar-refractivity contribution in [2.24, 2.45) is 0 Å². The monoisotopic (exact) mass is 306 g/mol. The molecule has 0 bridgehead atoms. The maximum Gasteiger partial charge on any atom is 1.00 e. The fourth-order valence-corrected chi connectivity index (χ4v) is 2.66. The zero-order valence-corrected chi connectivity index (χ0v) is 14.9. The number of unbranched alkanes of at least 4 members (excludes halogenated alkanes) is 10. The van der Waals surface area contributed by atoms with Crippen LogP contribution in [0, 0.1) is 0 Å². The third-order valence-electron chi connectivity index (χ3n) is 4.06. The summed E-state index contributed by atoms with van der Waals surface area (Å²) in [7, 11) is 0. The molecule has 126 valence electrons. The third-order valence-corrected chi connectivity index (χ3v) is 4.06. The van der Waals surface area contributed by atoms with Crippen molar-refractivity contribution in [3.63, 3.8) is 0 Å². The Morgan fingerprint density at radius 3 is 1.68 bits per heavy atom. The normalized spacial score (nSPS) is 11.9. The quantitative estimate of drug-likeness (QED) is 0.341. The number of carbonyl (C=O) groups is 1. The van der Waals surface area contributed by atoms with Crippen LogP contribution in [-0.4, -0.2) is 17.2 Å². The predicted octanol–water partition coefficient (Wildman–Crippen LogP) is 0.973. The summed E-state index contributed by atoms with van der Waals surface area (Å²) in [6, 6.07) is 0. The molecule has 0 aromatic heterocycles. The second kappa shape index (κ2) is 19.1. The zero-order chi connectivity index (χ0) is 15.8. The van der Waals surface area contributed by atoms with Gasteiger partial charge in [-0.2, -0.15) is 0 Å². The largest absolute Gasteiger partial charge is 1.00 e. The van der Waals surface area contributed by atoms with E-state index in [0.29, 0.717) is 0 Å². The Bertz CT molecular complexity index is 234. The fourth-order valence-electron chi connectivity index (χ4n) is 2.66. The Hall–Kier alpha value is 0.0274. The van der Waals surface area contributed by atoms with Gasteiger partial charge in [0.15, 0.2) is 0 Å². The smallest absolute Gasteiger partial charge is 0.550 e. The van der Waals surface area contributed by atoms with Gasteiger partial charge in [0, 0.05) is 5.97 Å². The summed E-state index contributed by atoms with van der Waals surface area (Å²) in [6.45, 7) is 2.21. The van der Waals surface area contributed by atoms with Crippen molar-refractivity contribution in [3.8, 4) is 0 Å². The molecule has 0 rings (SSSR count). The number of aliphatic hydroxyl groups is 1. The van der Waals surface area contributed by atoms with Gasteiger partial charge in [-0.05, 0) is 25.7 Å². The molecule has 0 aliphatic carbocycles. The van der Waals surface area contributed by atoms with Crippen molar-refractivity contribution in [1.82, 2.24) is 0 Å². The van der Waals surface area contributed by atoms with Crippen molar-refractivity contribution in [2.75, 3.05) is 0 Å². The van der Waals surface area contributed by atoms with Crippen molar-refractivity contribution >= 4 is 5.97 Å². The molecule has 3 nitrogen and oxygen atoms in total. The van der Waals surface area contributed by atoms with Gasteiger partial charge in [-0.1, -0.05) is 77.6 Å². The van der Waals surface area contributed by atoms with Crippen LogP contribution in [0.25, 0.3) is 0 Å². The van der Waals surface area contributed by atoms with Crippen molar-refractivity contribution < 1.29 is 33.9 Å². The molecule has 0 heterocycles. The Labute approximate surface area is 149 Å². The first kappa shape index (κ1) is 24.3. The van der Waals surface area contributed by atoms with Crippen LogP contribution in [0.2, 0.25) is 0 Å². The minimum absolute atomic E-state index is 0. The Morgan fingerprint density at radius 2 is 1.23 bits per heavy atom. The number of hydrogen-bond donors (Lipinski definition) is 1. The average Bonchev–Trinajstić information content (AvgIpc) is 2.45. The molecule has 0 saturated heterocycles. The molecule has 0 spiro atoms.